The lowest BCUT2D eigenvalue weighted by molar-refractivity contribution is -0.302. The van der Waals surface area contributed by atoms with E-state index in [0.717, 1.165) is 31.0 Å². The number of anilines is 2. The standard InChI is InChI=1S/C24H21F3N7/c1-15(24(25,26)27)30-22-21-20(11-8-18(31-21)7-4-16-2-3-16)32-23(33-22)29-12-17-5-9-19(10-6-17)34-13-28-14-34/h5-6,8-11,13-16H,2-3,12H2,1H3,(H2,29,30,32,33)/q+1/t15-/m0/s1. The summed E-state index contributed by atoms with van der Waals surface area (Å²) in [6, 6.07) is 9.41. The molecule has 34 heavy (non-hydrogen) atoms. The number of benzene rings is 1. The van der Waals surface area contributed by atoms with E-state index in [0.29, 0.717) is 23.7 Å². The molecule has 0 radical (unpaired) electrons. The van der Waals surface area contributed by atoms with Crippen LogP contribution in [0, 0.1) is 17.8 Å². The average molecular weight is 464 g/mol. The average Bonchev–Trinajstić information content (AvgIpc) is 3.60. The number of hydrogen-bond acceptors (Lipinski definition) is 6. The number of rotatable bonds is 6. The van der Waals surface area contributed by atoms with Crippen LogP contribution >= 0.6 is 0 Å². The molecular formula is C24H21F3N7+. The first kappa shape index (κ1) is 21.8. The van der Waals surface area contributed by atoms with Crippen LogP contribution in [0.15, 0.2) is 41.4 Å². The van der Waals surface area contributed by atoms with Crippen LogP contribution < -0.4 is 10.6 Å². The summed E-state index contributed by atoms with van der Waals surface area (Å²) in [5.74, 6) is 6.70. The third-order valence-corrected chi connectivity index (χ3v) is 5.44. The number of halogens is 3. The van der Waals surface area contributed by atoms with E-state index in [4.69, 9.17) is 0 Å². The number of pyridine rings is 1. The van der Waals surface area contributed by atoms with E-state index >= 15 is 0 Å². The number of alkyl halides is 3. The van der Waals surface area contributed by atoms with E-state index in [9.17, 15) is 13.2 Å². The first-order valence-electron chi connectivity index (χ1n) is 10.9. The van der Waals surface area contributed by atoms with Crippen molar-refractivity contribution in [2.75, 3.05) is 10.6 Å². The molecule has 1 fully saturated rings. The fourth-order valence-electron chi connectivity index (χ4n) is 3.19. The van der Waals surface area contributed by atoms with Gasteiger partial charge in [0.2, 0.25) is 18.6 Å². The van der Waals surface area contributed by atoms with Crippen molar-refractivity contribution in [3.63, 3.8) is 0 Å². The molecule has 1 atom stereocenters. The summed E-state index contributed by atoms with van der Waals surface area (Å²) in [4.78, 5) is 17.1. The van der Waals surface area contributed by atoms with Gasteiger partial charge in [-0.1, -0.05) is 23.0 Å². The molecule has 1 saturated carbocycles. The predicted octanol–water partition coefficient (Wildman–Crippen LogP) is 4.48. The van der Waals surface area contributed by atoms with Crippen molar-refractivity contribution in [1.29, 1.82) is 0 Å². The second kappa shape index (κ2) is 8.74. The molecule has 3 heterocycles. The van der Waals surface area contributed by atoms with Crippen molar-refractivity contribution in [3.8, 4) is 11.8 Å². The van der Waals surface area contributed by atoms with Crippen LogP contribution in [-0.4, -0.2) is 44.4 Å². The molecule has 2 aromatic heterocycles. The largest absolute Gasteiger partial charge is 0.408 e. The van der Waals surface area contributed by atoms with Gasteiger partial charge in [0, 0.05) is 12.5 Å². The first-order chi connectivity index (χ1) is 16.3. The fraction of sp³-hybridized carbons (Fsp3) is 0.292. The topological polar surface area (TPSA) is 78.1 Å². The van der Waals surface area contributed by atoms with Crippen LogP contribution in [0.5, 0.6) is 0 Å². The summed E-state index contributed by atoms with van der Waals surface area (Å²) < 4.78 is 41.6. The molecule has 0 amide bonds. The zero-order chi connectivity index (χ0) is 23.7. The maximum absolute atomic E-state index is 13.2. The van der Waals surface area contributed by atoms with Gasteiger partial charge in [0.05, 0.1) is 5.52 Å². The van der Waals surface area contributed by atoms with Crippen molar-refractivity contribution in [1.82, 2.24) is 15.0 Å². The Kier molecular flexibility index (Phi) is 5.61. The van der Waals surface area contributed by atoms with Gasteiger partial charge >= 0.3 is 6.18 Å². The highest BCUT2D eigenvalue weighted by molar-refractivity contribution is 5.87. The van der Waals surface area contributed by atoms with Crippen molar-refractivity contribution in [2.24, 2.45) is 10.9 Å². The summed E-state index contributed by atoms with van der Waals surface area (Å²) in [7, 11) is 0. The van der Waals surface area contributed by atoms with E-state index in [-0.39, 0.29) is 17.3 Å². The minimum absolute atomic E-state index is 0.00959. The summed E-state index contributed by atoms with van der Waals surface area (Å²) in [5.41, 5.74) is 3.11. The fourth-order valence-corrected chi connectivity index (χ4v) is 3.19. The molecule has 1 aliphatic carbocycles. The minimum Gasteiger partial charge on any atom is -0.357 e. The normalized spacial score (nSPS) is 15.7. The molecule has 0 spiro atoms. The third kappa shape index (κ3) is 4.98. The molecule has 10 heteroatoms. The van der Waals surface area contributed by atoms with Crippen molar-refractivity contribution >= 4 is 41.2 Å². The summed E-state index contributed by atoms with van der Waals surface area (Å²) in [5, 5.41) is 5.55. The highest BCUT2D eigenvalue weighted by Gasteiger charge is 2.36. The minimum atomic E-state index is -4.44. The van der Waals surface area contributed by atoms with E-state index in [2.05, 4.69) is 42.4 Å². The Morgan fingerprint density at radius 3 is 2.50 bits per heavy atom. The molecule has 0 bridgehead atoms. The molecule has 2 N–H and O–H groups in total. The van der Waals surface area contributed by atoms with Gasteiger partial charge in [-0.25, -0.2) is 14.5 Å². The van der Waals surface area contributed by atoms with Crippen LogP contribution in [0.3, 0.4) is 0 Å². The lowest BCUT2D eigenvalue weighted by atomic mass is 10.2. The highest BCUT2D eigenvalue weighted by atomic mass is 19.4. The summed E-state index contributed by atoms with van der Waals surface area (Å²) >= 11 is 0. The van der Waals surface area contributed by atoms with Crippen molar-refractivity contribution in [3.05, 3.63) is 47.7 Å². The SMILES string of the molecule is C[C@H](Nc1nc(NCc2ccc([N+]3=CN=C3)cc2)nc2ccc(C#CC3CC3)nc12)C(F)(F)F. The Bertz CT molecular complexity index is 1350. The maximum atomic E-state index is 13.2. The van der Waals surface area contributed by atoms with Gasteiger partial charge in [0.15, 0.2) is 5.82 Å². The van der Waals surface area contributed by atoms with E-state index < -0.39 is 12.2 Å². The highest BCUT2D eigenvalue weighted by Crippen LogP contribution is 2.29. The molecule has 1 aromatic carbocycles. The molecule has 3 aromatic rings. The molecule has 5 rings (SSSR count). The van der Waals surface area contributed by atoms with Gasteiger partial charge in [-0.3, -0.25) is 0 Å². The zero-order valence-electron chi connectivity index (χ0n) is 18.3. The van der Waals surface area contributed by atoms with Crippen LogP contribution in [0.4, 0.5) is 30.6 Å². The van der Waals surface area contributed by atoms with Gasteiger partial charge < -0.3 is 10.6 Å². The van der Waals surface area contributed by atoms with Gasteiger partial charge in [-0.05, 0) is 55.5 Å². The van der Waals surface area contributed by atoms with Crippen LogP contribution in [0.25, 0.3) is 11.0 Å². The predicted molar refractivity (Wildman–Crippen MR) is 124 cm³/mol. The van der Waals surface area contributed by atoms with E-state index in [1.54, 1.807) is 24.8 Å². The number of fused-ring (bicyclic) bond motifs is 1. The van der Waals surface area contributed by atoms with Gasteiger partial charge in [0.1, 0.15) is 22.9 Å². The quantitative estimate of drug-likeness (QED) is 0.416. The Hall–Kier alpha value is -4.00. The smallest absolute Gasteiger partial charge is 0.357 e. The number of nitrogens with zero attached hydrogens (tertiary/aromatic N) is 5. The Morgan fingerprint density at radius 1 is 1.09 bits per heavy atom. The lowest BCUT2D eigenvalue weighted by Crippen LogP contribution is -2.33. The summed E-state index contributed by atoms with van der Waals surface area (Å²) in [6.45, 7) is 1.44. The van der Waals surface area contributed by atoms with Gasteiger partial charge in [-0.2, -0.15) is 18.2 Å². The maximum Gasteiger partial charge on any atom is 0.408 e. The van der Waals surface area contributed by atoms with Crippen LogP contribution in [0.1, 0.15) is 31.0 Å². The van der Waals surface area contributed by atoms with Gasteiger partial charge in [0.25, 0.3) is 0 Å². The Labute approximate surface area is 193 Å². The molecule has 2 aliphatic rings. The lowest BCUT2D eigenvalue weighted by Gasteiger charge is -2.19. The zero-order valence-corrected chi connectivity index (χ0v) is 18.3. The van der Waals surface area contributed by atoms with Crippen molar-refractivity contribution < 1.29 is 17.7 Å². The molecule has 1 aliphatic heterocycles. The Morgan fingerprint density at radius 2 is 1.85 bits per heavy atom. The second-order valence-corrected chi connectivity index (χ2v) is 8.22. The van der Waals surface area contributed by atoms with E-state index in [1.807, 2.05) is 28.8 Å². The van der Waals surface area contributed by atoms with Crippen molar-refractivity contribution in [2.45, 2.75) is 38.5 Å². The number of aromatic nitrogens is 3. The monoisotopic (exact) mass is 464 g/mol. The first-order valence-corrected chi connectivity index (χ1v) is 10.9. The molecule has 172 valence electrons. The number of aliphatic imine (C=N–C) groups is 1. The molecule has 7 nitrogen and oxygen atoms in total. The number of nitrogens with one attached hydrogen (secondary N) is 2. The van der Waals surface area contributed by atoms with Gasteiger partial charge in [-0.15, -0.1) is 0 Å². The summed E-state index contributed by atoms with van der Waals surface area (Å²) in [6.07, 6.45) is 1.13. The third-order valence-electron chi connectivity index (χ3n) is 5.44. The molecule has 0 saturated heterocycles. The van der Waals surface area contributed by atoms with Crippen LogP contribution in [0.2, 0.25) is 0 Å². The molecular weight excluding hydrogens is 443 g/mol. The van der Waals surface area contributed by atoms with Crippen LogP contribution in [-0.2, 0) is 6.54 Å². The Balaban J connectivity index is 1.40. The molecule has 0 unspecified atom stereocenters. The van der Waals surface area contributed by atoms with E-state index in [1.165, 1.54) is 0 Å². The second-order valence-electron chi connectivity index (χ2n) is 8.22. The number of hydrogen-bond donors (Lipinski definition) is 2.